The number of hydrogen-bond donors (Lipinski definition) is 1. The Balaban J connectivity index is 2.99. The standard InChI is InChI=1S/C12H22OSe/c1-2-3-4-5-6-7-8-9-11-14-12-10-13/h13H,2-8,10,12H2,1H3. The quantitative estimate of drug-likeness (QED) is 0.405. The SMILES string of the molecule is CCCCCCCCC#C[Se]CCO. The maximum atomic E-state index is 8.54. The van der Waals surface area contributed by atoms with E-state index in [0.29, 0.717) is 21.6 Å². The molecule has 0 radical (unpaired) electrons. The van der Waals surface area contributed by atoms with Crippen molar-refractivity contribution in [2.24, 2.45) is 0 Å². The molecular formula is C12H22OSe. The first kappa shape index (κ1) is 14.0. The summed E-state index contributed by atoms with van der Waals surface area (Å²) in [6.45, 7) is 2.54. The maximum absolute atomic E-state index is 8.54. The number of unbranched alkanes of at least 4 members (excludes halogenated alkanes) is 6. The van der Waals surface area contributed by atoms with Crippen LogP contribution in [0.3, 0.4) is 0 Å². The number of rotatable bonds is 8. The molecule has 1 N–H and O–H groups in total. The van der Waals surface area contributed by atoms with E-state index in [1.807, 2.05) is 0 Å². The number of aliphatic hydroxyl groups excluding tert-OH is 1. The van der Waals surface area contributed by atoms with Gasteiger partial charge in [-0.05, 0) is 0 Å². The van der Waals surface area contributed by atoms with Crippen LogP contribution in [0.5, 0.6) is 0 Å². The molecular weight excluding hydrogens is 239 g/mol. The van der Waals surface area contributed by atoms with E-state index in [9.17, 15) is 0 Å². The Morgan fingerprint density at radius 3 is 2.50 bits per heavy atom. The molecule has 0 saturated heterocycles. The van der Waals surface area contributed by atoms with Crippen LogP contribution < -0.4 is 0 Å². The van der Waals surface area contributed by atoms with Crippen LogP contribution in [-0.2, 0) is 0 Å². The molecule has 1 nitrogen and oxygen atoms in total. The van der Waals surface area contributed by atoms with Crippen molar-refractivity contribution in [1.82, 2.24) is 0 Å². The van der Waals surface area contributed by atoms with Gasteiger partial charge in [0.1, 0.15) is 0 Å². The second-order valence-electron chi connectivity index (χ2n) is 3.37. The van der Waals surface area contributed by atoms with E-state index in [1.54, 1.807) is 0 Å². The van der Waals surface area contributed by atoms with Crippen molar-refractivity contribution in [3.63, 3.8) is 0 Å². The van der Waals surface area contributed by atoms with Gasteiger partial charge in [0.05, 0.1) is 0 Å². The summed E-state index contributed by atoms with van der Waals surface area (Å²) in [6.07, 6.45) is 9.11. The minimum atomic E-state index is 0.297. The predicted molar refractivity (Wildman–Crippen MR) is 63.4 cm³/mol. The van der Waals surface area contributed by atoms with Crippen molar-refractivity contribution in [2.75, 3.05) is 6.61 Å². The normalized spacial score (nSPS) is 9.57. The summed E-state index contributed by atoms with van der Waals surface area (Å²) in [6, 6.07) is 0. The van der Waals surface area contributed by atoms with Gasteiger partial charge >= 0.3 is 94.6 Å². The zero-order valence-electron chi connectivity index (χ0n) is 9.22. The van der Waals surface area contributed by atoms with Crippen LogP contribution in [0.4, 0.5) is 0 Å². The Labute approximate surface area is 94.8 Å². The van der Waals surface area contributed by atoms with Gasteiger partial charge in [-0.1, -0.05) is 0 Å². The molecule has 0 spiro atoms. The number of hydrogen-bond acceptors (Lipinski definition) is 1. The molecule has 0 aromatic carbocycles. The van der Waals surface area contributed by atoms with Gasteiger partial charge in [0.2, 0.25) is 0 Å². The monoisotopic (exact) mass is 262 g/mol. The van der Waals surface area contributed by atoms with Crippen LogP contribution in [0.25, 0.3) is 0 Å². The molecule has 0 amide bonds. The van der Waals surface area contributed by atoms with Gasteiger partial charge in [0.25, 0.3) is 0 Å². The Kier molecular flexibility index (Phi) is 13.1. The molecule has 14 heavy (non-hydrogen) atoms. The Morgan fingerprint density at radius 1 is 1.07 bits per heavy atom. The van der Waals surface area contributed by atoms with Crippen molar-refractivity contribution >= 4 is 15.0 Å². The molecule has 82 valence electrons. The van der Waals surface area contributed by atoms with Crippen molar-refractivity contribution < 1.29 is 5.11 Å². The third-order valence-electron chi connectivity index (χ3n) is 1.99. The average Bonchev–Trinajstić information content (AvgIpc) is 2.21. The van der Waals surface area contributed by atoms with Gasteiger partial charge < -0.3 is 0 Å². The zero-order chi connectivity index (χ0) is 10.5. The molecule has 2 heteroatoms. The summed E-state index contributed by atoms with van der Waals surface area (Å²) in [7, 11) is 0. The van der Waals surface area contributed by atoms with Crippen LogP contribution in [0, 0.1) is 10.7 Å². The predicted octanol–water partition coefficient (Wildman–Crippen LogP) is 2.81. The Hall–Kier alpha value is 0.0395. The van der Waals surface area contributed by atoms with E-state index in [0.717, 1.165) is 11.7 Å². The van der Waals surface area contributed by atoms with Gasteiger partial charge in [0, 0.05) is 0 Å². The van der Waals surface area contributed by atoms with Crippen molar-refractivity contribution in [2.45, 2.75) is 57.2 Å². The van der Waals surface area contributed by atoms with Crippen LogP contribution in [0.1, 0.15) is 51.9 Å². The Morgan fingerprint density at radius 2 is 1.79 bits per heavy atom. The van der Waals surface area contributed by atoms with Crippen LogP contribution in [0.2, 0.25) is 5.32 Å². The molecule has 0 bridgehead atoms. The van der Waals surface area contributed by atoms with E-state index in [-0.39, 0.29) is 0 Å². The molecule has 0 saturated carbocycles. The molecule has 0 unspecified atom stereocenters. The van der Waals surface area contributed by atoms with E-state index in [1.165, 1.54) is 38.5 Å². The molecule has 0 fully saturated rings. The van der Waals surface area contributed by atoms with Gasteiger partial charge in [-0.25, -0.2) is 0 Å². The first-order valence-corrected chi connectivity index (χ1v) is 7.69. The van der Waals surface area contributed by atoms with Gasteiger partial charge in [-0.3, -0.25) is 0 Å². The van der Waals surface area contributed by atoms with E-state index in [2.05, 4.69) is 17.7 Å². The fraction of sp³-hybridized carbons (Fsp3) is 0.833. The Bertz CT molecular complexity index is 157. The third kappa shape index (κ3) is 12.0. The fourth-order valence-corrected chi connectivity index (χ4v) is 2.03. The number of aliphatic hydroxyl groups is 1. The van der Waals surface area contributed by atoms with Crippen molar-refractivity contribution in [3.05, 3.63) is 0 Å². The third-order valence-corrected chi connectivity index (χ3v) is 3.41. The van der Waals surface area contributed by atoms with Gasteiger partial charge in [-0.2, -0.15) is 0 Å². The summed E-state index contributed by atoms with van der Waals surface area (Å²) >= 11 is 0.358. The second-order valence-corrected chi connectivity index (χ2v) is 5.26. The van der Waals surface area contributed by atoms with Crippen molar-refractivity contribution in [3.8, 4) is 10.7 Å². The van der Waals surface area contributed by atoms with Gasteiger partial charge in [0.15, 0.2) is 0 Å². The van der Waals surface area contributed by atoms with E-state index < -0.39 is 0 Å². The zero-order valence-corrected chi connectivity index (χ0v) is 10.9. The van der Waals surface area contributed by atoms with Crippen LogP contribution >= 0.6 is 0 Å². The molecule has 0 heterocycles. The van der Waals surface area contributed by atoms with Crippen LogP contribution in [-0.4, -0.2) is 26.7 Å². The van der Waals surface area contributed by atoms with E-state index >= 15 is 0 Å². The topological polar surface area (TPSA) is 20.2 Å². The summed E-state index contributed by atoms with van der Waals surface area (Å²) < 4.78 is 0. The van der Waals surface area contributed by atoms with Gasteiger partial charge in [-0.15, -0.1) is 0 Å². The molecule has 0 aromatic heterocycles. The molecule has 0 aliphatic rings. The van der Waals surface area contributed by atoms with Crippen LogP contribution in [0.15, 0.2) is 0 Å². The summed E-state index contributed by atoms with van der Waals surface area (Å²) in [5.41, 5.74) is 0. The first-order valence-electron chi connectivity index (χ1n) is 5.62. The molecule has 0 atom stereocenters. The fourth-order valence-electron chi connectivity index (χ4n) is 1.19. The van der Waals surface area contributed by atoms with E-state index in [4.69, 9.17) is 5.11 Å². The molecule has 0 aliphatic heterocycles. The summed E-state index contributed by atoms with van der Waals surface area (Å²) in [5, 5.41) is 9.42. The minimum absolute atomic E-state index is 0.297. The summed E-state index contributed by atoms with van der Waals surface area (Å²) in [5.74, 6) is 3.18. The molecule has 0 aromatic rings. The second kappa shape index (κ2) is 13.0. The first-order chi connectivity index (χ1) is 6.91. The molecule has 0 rings (SSSR count). The summed E-state index contributed by atoms with van der Waals surface area (Å²) in [4.78, 5) is 3.14. The molecule has 0 aliphatic carbocycles. The van der Waals surface area contributed by atoms with Crippen molar-refractivity contribution in [1.29, 1.82) is 0 Å². The average molecular weight is 261 g/mol.